The average Bonchev–Trinajstić information content (AvgIpc) is 2.44. The molecule has 1 heterocycles. The molecular weight excluding hydrogens is 307 g/mol. The highest BCUT2D eigenvalue weighted by molar-refractivity contribution is 9.10. The number of nitrogens with one attached hydrogen (secondary N) is 1. The van der Waals surface area contributed by atoms with Crippen molar-refractivity contribution >= 4 is 15.9 Å². The first-order chi connectivity index (χ1) is 9.22. The Kier molecular flexibility index (Phi) is 5.55. The average molecular weight is 327 g/mol. The van der Waals surface area contributed by atoms with Gasteiger partial charge in [0.1, 0.15) is 5.82 Å². The van der Waals surface area contributed by atoms with E-state index in [-0.39, 0.29) is 5.82 Å². The molecule has 0 radical (unpaired) electrons. The van der Waals surface area contributed by atoms with E-state index in [1.807, 2.05) is 18.2 Å². The highest BCUT2D eigenvalue weighted by Gasteiger charge is 2.22. The van der Waals surface area contributed by atoms with Crippen LogP contribution < -0.4 is 5.32 Å². The van der Waals surface area contributed by atoms with Gasteiger partial charge in [0, 0.05) is 32.2 Å². The zero-order valence-electron chi connectivity index (χ0n) is 11.0. The maximum Gasteiger partial charge on any atom is 0.137 e. The monoisotopic (exact) mass is 326 g/mol. The van der Waals surface area contributed by atoms with Gasteiger partial charge >= 0.3 is 0 Å². The third kappa shape index (κ3) is 3.88. The standard InChI is InChI=1S/C15H20BrFN2/c1-2-3-4-15(19-9-7-18-8-10-19)12-5-6-14(17)13(16)11-12/h2,5-6,11,15,18H,1,3-4,7-10H2/t15-/m0/s1. The van der Waals surface area contributed by atoms with E-state index >= 15 is 0 Å². The van der Waals surface area contributed by atoms with Crippen molar-refractivity contribution in [3.8, 4) is 0 Å². The second-order valence-electron chi connectivity index (χ2n) is 4.84. The fourth-order valence-electron chi connectivity index (χ4n) is 2.55. The van der Waals surface area contributed by atoms with Crippen LogP contribution in [0.3, 0.4) is 0 Å². The summed E-state index contributed by atoms with van der Waals surface area (Å²) in [5, 5.41) is 3.37. The van der Waals surface area contributed by atoms with Crippen LogP contribution in [0.2, 0.25) is 0 Å². The largest absolute Gasteiger partial charge is 0.314 e. The van der Waals surface area contributed by atoms with E-state index in [9.17, 15) is 4.39 Å². The third-order valence-electron chi connectivity index (χ3n) is 3.57. The van der Waals surface area contributed by atoms with Gasteiger partial charge in [-0.3, -0.25) is 4.90 Å². The van der Waals surface area contributed by atoms with Crippen LogP contribution in [0.4, 0.5) is 4.39 Å². The molecule has 1 aliphatic rings. The summed E-state index contributed by atoms with van der Waals surface area (Å²) in [5.74, 6) is -0.202. The molecule has 4 heteroatoms. The van der Waals surface area contributed by atoms with Crippen molar-refractivity contribution in [2.75, 3.05) is 26.2 Å². The zero-order valence-corrected chi connectivity index (χ0v) is 12.6. The number of halogens is 2. The Morgan fingerprint density at radius 2 is 2.16 bits per heavy atom. The maximum absolute atomic E-state index is 13.4. The molecule has 0 spiro atoms. The molecule has 2 nitrogen and oxygen atoms in total. The molecule has 0 unspecified atom stereocenters. The number of piperazine rings is 1. The van der Waals surface area contributed by atoms with Gasteiger partial charge < -0.3 is 5.32 Å². The summed E-state index contributed by atoms with van der Waals surface area (Å²) in [4.78, 5) is 2.47. The molecule has 1 aromatic rings. The van der Waals surface area contributed by atoms with Gasteiger partial charge in [-0.2, -0.15) is 0 Å². The van der Waals surface area contributed by atoms with E-state index in [0.717, 1.165) is 39.0 Å². The molecule has 0 aliphatic carbocycles. The topological polar surface area (TPSA) is 15.3 Å². The minimum atomic E-state index is -0.202. The first kappa shape index (κ1) is 14.7. The lowest BCUT2D eigenvalue weighted by Crippen LogP contribution is -2.45. The predicted molar refractivity (Wildman–Crippen MR) is 80.7 cm³/mol. The van der Waals surface area contributed by atoms with Crippen molar-refractivity contribution in [2.24, 2.45) is 0 Å². The molecule has 0 aromatic heterocycles. The Morgan fingerprint density at radius 3 is 2.79 bits per heavy atom. The van der Waals surface area contributed by atoms with E-state index in [4.69, 9.17) is 0 Å². The number of hydrogen-bond donors (Lipinski definition) is 1. The Balaban J connectivity index is 2.19. The van der Waals surface area contributed by atoms with Crippen molar-refractivity contribution < 1.29 is 4.39 Å². The highest BCUT2D eigenvalue weighted by atomic mass is 79.9. The van der Waals surface area contributed by atoms with Crippen LogP contribution in [0.25, 0.3) is 0 Å². The van der Waals surface area contributed by atoms with Crippen LogP contribution in [0.1, 0.15) is 24.4 Å². The molecule has 1 saturated heterocycles. The maximum atomic E-state index is 13.4. The molecule has 1 aromatic carbocycles. The van der Waals surface area contributed by atoms with Crippen LogP contribution in [0.5, 0.6) is 0 Å². The Morgan fingerprint density at radius 1 is 1.42 bits per heavy atom. The molecule has 1 fully saturated rings. The van der Waals surface area contributed by atoms with E-state index in [1.165, 1.54) is 5.56 Å². The quantitative estimate of drug-likeness (QED) is 0.833. The SMILES string of the molecule is C=CCC[C@@H](c1ccc(F)c(Br)c1)N1CCNCC1. The van der Waals surface area contributed by atoms with E-state index in [0.29, 0.717) is 10.5 Å². The number of rotatable bonds is 5. The van der Waals surface area contributed by atoms with Crippen LogP contribution in [0.15, 0.2) is 35.3 Å². The number of hydrogen-bond acceptors (Lipinski definition) is 2. The van der Waals surface area contributed by atoms with Crippen molar-refractivity contribution in [2.45, 2.75) is 18.9 Å². The molecule has 0 amide bonds. The Hall–Kier alpha value is -0.710. The van der Waals surface area contributed by atoms with Crippen LogP contribution in [0, 0.1) is 5.82 Å². The van der Waals surface area contributed by atoms with Gasteiger partial charge in [-0.05, 0) is 46.5 Å². The lowest BCUT2D eigenvalue weighted by Gasteiger charge is -2.35. The van der Waals surface area contributed by atoms with Gasteiger partial charge in [0.25, 0.3) is 0 Å². The van der Waals surface area contributed by atoms with E-state index < -0.39 is 0 Å². The lowest BCUT2D eigenvalue weighted by atomic mass is 9.99. The molecule has 104 valence electrons. The number of nitrogens with zero attached hydrogens (tertiary/aromatic N) is 1. The first-order valence-electron chi connectivity index (χ1n) is 6.73. The molecule has 1 N–H and O–H groups in total. The predicted octanol–water partition coefficient (Wildman–Crippen LogP) is 3.50. The lowest BCUT2D eigenvalue weighted by molar-refractivity contribution is 0.166. The highest BCUT2D eigenvalue weighted by Crippen LogP contribution is 2.29. The van der Waals surface area contributed by atoms with Gasteiger partial charge in [0.15, 0.2) is 0 Å². The summed E-state index contributed by atoms with van der Waals surface area (Å²) in [7, 11) is 0. The number of benzene rings is 1. The van der Waals surface area contributed by atoms with Crippen LogP contribution in [-0.4, -0.2) is 31.1 Å². The van der Waals surface area contributed by atoms with Gasteiger partial charge in [0.05, 0.1) is 4.47 Å². The molecule has 19 heavy (non-hydrogen) atoms. The summed E-state index contributed by atoms with van der Waals surface area (Å²) in [6, 6.07) is 5.70. The van der Waals surface area contributed by atoms with Crippen LogP contribution in [-0.2, 0) is 0 Å². The zero-order chi connectivity index (χ0) is 13.7. The molecule has 1 atom stereocenters. The van der Waals surface area contributed by atoms with E-state index in [2.05, 4.69) is 32.7 Å². The Labute approximate surface area is 122 Å². The van der Waals surface area contributed by atoms with Gasteiger partial charge in [-0.25, -0.2) is 4.39 Å². The Bertz CT molecular complexity index is 430. The molecular formula is C15H20BrFN2. The molecule has 0 saturated carbocycles. The van der Waals surface area contributed by atoms with Crippen molar-refractivity contribution in [3.05, 3.63) is 46.7 Å². The molecule has 1 aliphatic heterocycles. The summed E-state index contributed by atoms with van der Waals surface area (Å²) < 4.78 is 13.9. The second kappa shape index (κ2) is 7.17. The van der Waals surface area contributed by atoms with Crippen LogP contribution >= 0.6 is 15.9 Å². The second-order valence-corrected chi connectivity index (χ2v) is 5.70. The minimum absolute atomic E-state index is 0.202. The fourth-order valence-corrected chi connectivity index (χ4v) is 2.95. The van der Waals surface area contributed by atoms with Crippen molar-refractivity contribution in [1.29, 1.82) is 0 Å². The molecule has 2 rings (SSSR count). The summed E-state index contributed by atoms with van der Waals surface area (Å²) >= 11 is 3.28. The van der Waals surface area contributed by atoms with Gasteiger partial charge in [0.2, 0.25) is 0 Å². The summed E-state index contributed by atoms with van der Waals surface area (Å²) in [6.45, 7) is 7.92. The smallest absolute Gasteiger partial charge is 0.137 e. The van der Waals surface area contributed by atoms with Gasteiger partial charge in [-0.15, -0.1) is 6.58 Å². The fraction of sp³-hybridized carbons (Fsp3) is 0.467. The number of allylic oxidation sites excluding steroid dienone is 1. The normalized spacial score (nSPS) is 18.2. The minimum Gasteiger partial charge on any atom is -0.314 e. The van der Waals surface area contributed by atoms with Gasteiger partial charge in [-0.1, -0.05) is 12.1 Å². The third-order valence-corrected chi connectivity index (χ3v) is 4.17. The summed E-state index contributed by atoms with van der Waals surface area (Å²) in [6.07, 6.45) is 3.96. The first-order valence-corrected chi connectivity index (χ1v) is 7.52. The van der Waals surface area contributed by atoms with Crippen molar-refractivity contribution in [1.82, 2.24) is 10.2 Å². The van der Waals surface area contributed by atoms with E-state index in [1.54, 1.807) is 6.07 Å². The summed E-state index contributed by atoms with van der Waals surface area (Å²) in [5.41, 5.74) is 1.18. The molecule has 0 bridgehead atoms. The van der Waals surface area contributed by atoms with Crippen molar-refractivity contribution in [3.63, 3.8) is 0 Å².